The summed E-state index contributed by atoms with van der Waals surface area (Å²) >= 11 is 1.28. The number of carbonyl (C=O) groups is 2. The van der Waals surface area contributed by atoms with E-state index in [9.17, 15) is 9.59 Å². The second-order valence-corrected chi connectivity index (χ2v) is 5.33. The molecule has 0 saturated heterocycles. The van der Waals surface area contributed by atoms with Gasteiger partial charge in [0.25, 0.3) is 0 Å². The van der Waals surface area contributed by atoms with Crippen LogP contribution >= 0.6 is 11.8 Å². The molecule has 2 aromatic heterocycles. The topological polar surface area (TPSA) is 88.4 Å². The van der Waals surface area contributed by atoms with Crippen LogP contribution in [-0.2, 0) is 9.59 Å². The molecule has 1 atom stereocenters. The third-order valence-electron chi connectivity index (χ3n) is 2.74. The van der Waals surface area contributed by atoms with E-state index in [0.29, 0.717) is 11.7 Å². The zero-order valence-electron chi connectivity index (χ0n) is 11.9. The molecule has 2 rings (SSSR count). The van der Waals surface area contributed by atoms with Crippen LogP contribution in [0.4, 0.5) is 0 Å². The quantitative estimate of drug-likeness (QED) is 0.757. The summed E-state index contributed by atoms with van der Waals surface area (Å²) in [5, 5.41) is 14.0. The van der Waals surface area contributed by atoms with Crippen molar-refractivity contribution >= 4 is 29.2 Å². The third kappa shape index (κ3) is 3.94. The van der Waals surface area contributed by atoms with Crippen molar-refractivity contribution in [1.82, 2.24) is 25.2 Å². The lowest BCUT2D eigenvalue weighted by Crippen LogP contribution is -2.45. The Bertz CT molecular complexity index is 642. The van der Waals surface area contributed by atoms with Crippen LogP contribution in [0.3, 0.4) is 0 Å². The van der Waals surface area contributed by atoms with Crippen molar-refractivity contribution in [3.05, 3.63) is 24.4 Å². The molecule has 7 nitrogen and oxygen atoms in total. The molecule has 21 heavy (non-hydrogen) atoms. The molecule has 2 heterocycles. The highest BCUT2D eigenvalue weighted by molar-refractivity contribution is 7.99. The van der Waals surface area contributed by atoms with Crippen LogP contribution in [0, 0.1) is 0 Å². The first-order valence-corrected chi connectivity index (χ1v) is 7.60. The van der Waals surface area contributed by atoms with Gasteiger partial charge in [0.05, 0.1) is 5.75 Å². The number of likely N-dealkylation sites (N-methyl/N-ethyl adjacent to an activating group) is 1. The van der Waals surface area contributed by atoms with Gasteiger partial charge in [-0.15, -0.1) is 10.2 Å². The minimum absolute atomic E-state index is 0.180. The van der Waals surface area contributed by atoms with Gasteiger partial charge in [-0.25, -0.2) is 0 Å². The van der Waals surface area contributed by atoms with Crippen LogP contribution in [0.25, 0.3) is 5.65 Å². The van der Waals surface area contributed by atoms with Crippen molar-refractivity contribution in [3.63, 3.8) is 0 Å². The number of fused-ring (bicyclic) bond motifs is 1. The average molecular weight is 307 g/mol. The van der Waals surface area contributed by atoms with E-state index in [2.05, 4.69) is 20.8 Å². The lowest BCUT2D eigenvalue weighted by atomic mass is 10.3. The monoisotopic (exact) mass is 307 g/mol. The number of carbonyl (C=O) groups excluding carboxylic acids is 2. The van der Waals surface area contributed by atoms with Crippen LogP contribution < -0.4 is 10.6 Å². The molecule has 0 spiro atoms. The van der Waals surface area contributed by atoms with Crippen molar-refractivity contribution in [2.45, 2.75) is 25.0 Å². The van der Waals surface area contributed by atoms with E-state index >= 15 is 0 Å². The third-order valence-corrected chi connectivity index (χ3v) is 3.68. The summed E-state index contributed by atoms with van der Waals surface area (Å²) in [6.07, 6.45) is 1.84. The van der Waals surface area contributed by atoms with Crippen molar-refractivity contribution < 1.29 is 9.59 Å². The number of hydrogen-bond donors (Lipinski definition) is 2. The fourth-order valence-electron chi connectivity index (χ4n) is 1.72. The minimum Gasteiger partial charge on any atom is -0.355 e. The number of rotatable bonds is 6. The Kier molecular flexibility index (Phi) is 5.15. The first-order valence-electron chi connectivity index (χ1n) is 6.61. The number of nitrogens with zero attached hydrogens (tertiary/aromatic N) is 3. The van der Waals surface area contributed by atoms with Crippen molar-refractivity contribution in [1.29, 1.82) is 0 Å². The van der Waals surface area contributed by atoms with Crippen LogP contribution in [0.15, 0.2) is 29.6 Å². The molecule has 0 radical (unpaired) electrons. The molecule has 0 fully saturated rings. The van der Waals surface area contributed by atoms with E-state index in [1.807, 2.05) is 35.7 Å². The fraction of sp³-hybridized carbons (Fsp3) is 0.385. The lowest BCUT2D eigenvalue weighted by molar-refractivity contribution is -0.127. The Morgan fingerprint density at radius 3 is 2.95 bits per heavy atom. The maximum Gasteiger partial charge on any atom is 0.242 e. The Morgan fingerprint density at radius 1 is 1.38 bits per heavy atom. The molecule has 0 saturated carbocycles. The number of thioether (sulfide) groups is 1. The summed E-state index contributed by atoms with van der Waals surface area (Å²) in [7, 11) is 0. The number of nitrogens with one attached hydrogen (secondary N) is 2. The molecule has 0 bridgehead atoms. The second-order valence-electron chi connectivity index (χ2n) is 4.38. The molecular weight excluding hydrogens is 290 g/mol. The number of pyridine rings is 1. The molecule has 0 aromatic carbocycles. The lowest BCUT2D eigenvalue weighted by Gasteiger charge is -2.12. The predicted octanol–water partition coefficient (Wildman–Crippen LogP) is 0.462. The van der Waals surface area contributed by atoms with Gasteiger partial charge in [-0.05, 0) is 26.0 Å². The van der Waals surface area contributed by atoms with Gasteiger partial charge < -0.3 is 10.6 Å². The molecule has 2 aromatic rings. The Hall–Kier alpha value is -2.09. The van der Waals surface area contributed by atoms with E-state index < -0.39 is 6.04 Å². The summed E-state index contributed by atoms with van der Waals surface area (Å²) in [5.74, 6) is -0.227. The van der Waals surface area contributed by atoms with Crippen molar-refractivity contribution in [2.75, 3.05) is 12.3 Å². The second kappa shape index (κ2) is 7.07. The predicted molar refractivity (Wildman–Crippen MR) is 80.0 cm³/mol. The molecule has 2 N–H and O–H groups in total. The van der Waals surface area contributed by atoms with Gasteiger partial charge in [0.2, 0.25) is 11.8 Å². The molecule has 2 amide bonds. The normalized spacial score (nSPS) is 12.1. The van der Waals surface area contributed by atoms with Crippen LogP contribution in [0.5, 0.6) is 0 Å². The van der Waals surface area contributed by atoms with Gasteiger partial charge in [-0.1, -0.05) is 17.8 Å². The smallest absolute Gasteiger partial charge is 0.242 e. The van der Waals surface area contributed by atoms with E-state index in [-0.39, 0.29) is 17.6 Å². The minimum atomic E-state index is -0.548. The first kappa shape index (κ1) is 15.3. The Balaban J connectivity index is 1.88. The zero-order chi connectivity index (χ0) is 15.2. The van der Waals surface area contributed by atoms with Crippen LogP contribution in [-0.4, -0.2) is 44.8 Å². The molecule has 0 unspecified atom stereocenters. The highest BCUT2D eigenvalue weighted by Crippen LogP contribution is 2.16. The van der Waals surface area contributed by atoms with E-state index in [1.54, 1.807) is 6.92 Å². The van der Waals surface area contributed by atoms with Gasteiger partial charge in [0.1, 0.15) is 6.04 Å². The summed E-state index contributed by atoms with van der Waals surface area (Å²) in [6.45, 7) is 4.03. The average Bonchev–Trinajstić information content (AvgIpc) is 2.88. The maximum absolute atomic E-state index is 11.8. The first-order chi connectivity index (χ1) is 10.1. The molecule has 0 aliphatic heterocycles. The molecule has 0 aliphatic carbocycles. The molecular formula is C13H17N5O2S. The SMILES string of the molecule is CCNC(=O)[C@H](C)NC(=O)CSc1nnc2ccccn12. The van der Waals surface area contributed by atoms with Gasteiger partial charge in [-0.3, -0.25) is 14.0 Å². The van der Waals surface area contributed by atoms with Gasteiger partial charge in [-0.2, -0.15) is 0 Å². The summed E-state index contributed by atoms with van der Waals surface area (Å²) < 4.78 is 1.81. The Morgan fingerprint density at radius 2 is 2.19 bits per heavy atom. The van der Waals surface area contributed by atoms with E-state index in [1.165, 1.54) is 11.8 Å². The van der Waals surface area contributed by atoms with E-state index in [4.69, 9.17) is 0 Å². The highest BCUT2D eigenvalue weighted by Gasteiger charge is 2.15. The zero-order valence-corrected chi connectivity index (χ0v) is 12.7. The Labute approximate surface area is 126 Å². The van der Waals surface area contributed by atoms with Gasteiger partial charge >= 0.3 is 0 Å². The van der Waals surface area contributed by atoms with Crippen molar-refractivity contribution in [3.8, 4) is 0 Å². The molecule has 112 valence electrons. The van der Waals surface area contributed by atoms with Crippen LogP contribution in [0.1, 0.15) is 13.8 Å². The fourth-order valence-corrected chi connectivity index (χ4v) is 2.46. The molecule has 0 aliphatic rings. The van der Waals surface area contributed by atoms with Gasteiger partial charge in [0, 0.05) is 12.7 Å². The summed E-state index contributed by atoms with van der Waals surface area (Å²) in [4.78, 5) is 23.4. The summed E-state index contributed by atoms with van der Waals surface area (Å²) in [6, 6.07) is 5.04. The van der Waals surface area contributed by atoms with Gasteiger partial charge in [0.15, 0.2) is 10.8 Å². The van der Waals surface area contributed by atoms with E-state index in [0.717, 1.165) is 5.65 Å². The summed E-state index contributed by atoms with van der Waals surface area (Å²) in [5.41, 5.74) is 0.732. The molecule has 8 heteroatoms. The highest BCUT2D eigenvalue weighted by atomic mass is 32.2. The number of hydrogen-bond acceptors (Lipinski definition) is 5. The number of amides is 2. The van der Waals surface area contributed by atoms with Crippen molar-refractivity contribution in [2.24, 2.45) is 0 Å². The standard InChI is InChI=1S/C13H17N5O2S/c1-3-14-12(20)9(2)15-11(19)8-21-13-17-16-10-6-4-5-7-18(10)13/h4-7,9H,3,8H2,1-2H3,(H,14,20)(H,15,19)/t9-/m0/s1. The number of aromatic nitrogens is 3. The maximum atomic E-state index is 11.8. The largest absolute Gasteiger partial charge is 0.355 e. The van der Waals surface area contributed by atoms with Crippen LogP contribution in [0.2, 0.25) is 0 Å².